The van der Waals surface area contributed by atoms with E-state index in [1.165, 1.54) is 0 Å². The van der Waals surface area contributed by atoms with Crippen LogP contribution in [0.1, 0.15) is 18.4 Å². The van der Waals surface area contributed by atoms with Crippen LogP contribution in [0, 0.1) is 0 Å². The second-order valence-corrected chi connectivity index (χ2v) is 3.91. The standard InChI is InChI=1S/C9H10N4O/c14-9(1-2-9)4-6-3-7-8(10-5-6)12-13-11-7/h3,5,14H,1-2,4H2,(H,10,11,12,13). The summed E-state index contributed by atoms with van der Waals surface area (Å²) in [6, 6.07) is 1.92. The predicted octanol–water partition coefficient (Wildman–Crippen LogP) is 0.420. The molecule has 0 amide bonds. The Morgan fingerprint density at radius 2 is 2.29 bits per heavy atom. The van der Waals surface area contributed by atoms with Gasteiger partial charge in [-0.2, -0.15) is 10.3 Å². The quantitative estimate of drug-likeness (QED) is 0.719. The normalized spacial score (nSPS) is 18.6. The van der Waals surface area contributed by atoms with Crippen LogP contribution in [0.15, 0.2) is 12.3 Å². The fourth-order valence-electron chi connectivity index (χ4n) is 1.58. The number of rotatable bonds is 2. The number of aliphatic hydroxyl groups is 1. The first-order chi connectivity index (χ1) is 6.75. The molecule has 2 aromatic rings. The highest BCUT2D eigenvalue weighted by atomic mass is 16.3. The van der Waals surface area contributed by atoms with E-state index < -0.39 is 5.60 Å². The molecule has 0 bridgehead atoms. The highest BCUT2D eigenvalue weighted by molar-refractivity contribution is 5.69. The van der Waals surface area contributed by atoms with Crippen molar-refractivity contribution in [3.63, 3.8) is 0 Å². The molecule has 0 spiro atoms. The Morgan fingerprint density at radius 1 is 1.43 bits per heavy atom. The molecule has 0 atom stereocenters. The van der Waals surface area contributed by atoms with Crippen molar-refractivity contribution in [2.45, 2.75) is 24.9 Å². The molecule has 0 saturated heterocycles. The molecule has 1 saturated carbocycles. The molecule has 0 radical (unpaired) electrons. The molecule has 1 aliphatic carbocycles. The topological polar surface area (TPSA) is 74.7 Å². The zero-order chi connectivity index (χ0) is 9.60. The van der Waals surface area contributed by atoms with Gasteiger partial charge in [0.25, 0.3) is 0 Å². The molecule has 1 fully saturated rings. The van der Waals surface area contributed by atoms with Crippen LogP contribution in [0.2, 0.25) is 0 Å². The Bertz CT molecular complexity index is 474. The lowest BCUT2D eigenvalue weighted by Crippen LogP contribution is -2.10. The summed E-state index contributed by atoms with van der Waals surface area (Å²) in [5, 5.41) is 20.1. The molecule has 72 valence electrons. The number of H-pyrrole nitrogens is 1. The highest BCUT2D eigenvalue weighted by Crippen LogP contribution is 2.38. The fraction of sp³-hybridized carbons (Fsp3) is 0.444. The summed E-state index contributed by atoms with van der Waals surface area (Å²) in [7, 11) is 0. The summed E-state index contributed by atoms with van der Waals surface area (Å²) in [6.45, 7) is 0. The van der Waals surface area contributed by atoms with E-state index in [1.54, 1.807) is 6.20 Å². The van der Waals surface area contributed by atoms with Crippen LogP contribution in [0.5, 0.6) is 0 Å². The van der Waals surface area contributed by atoms with Gasteiger partial charge < -0.3 is 5.11 Å². The van der Waals surface area contributed by atoms with Gasteiger partial charge in [0, 0.05) is 12.6 Å². The third-order valence-corrected chi connectivity index (χ3v) is 2.59. The van der Waals surface area contributed by atoms with E-state index in [0.717, 1.165) is 23.9 Å². The molecule has 3 rings (SSSR count). The number of pyridine rings is 1. The van der Waals surface area contributed by atoms with Crippen molar-refractivity contribution in [2.24, 2.45) is 0 Å². The number of aromatic nitrogens is 4. The second kappa shape index (κ2) is 2.51. The number of hydrogen-bond donors (Lipinski definition) is 2. The summed E-state index contributed by atoms with van der Waals surface area (Å²) < 4.78 is 0. The van der Waals surface area contributed by atoms with Crippen molar-refractivity contribution in [1.29, 1.82) is 0 Å². The molecule has 5 heteroatoms. The van der Waals surface area contributed by atoms with Crippen LogP contribution in [0.25, 0.3) is 11.2 Å². The number of hydrogen-bond acceptors (Lipinski definition) is 4. The maximum absolute atomic E-state index is 9.73. The van der Waals surface area contributed by atoms with Gasteiger partial charge in [-0.15, -0.1) is 5.10 Å². The van der Waals surface area contributed by atoms with E-state index in [9.17, 15) is 5.11 Å². The summed E-state index contributed by atoms with van der Waals surface area (Å²) in [5.41, 5.74) is 1.92. The number of aromatic amines is 1. The minimum absolute atomic E-state index is 0.473. The minimum Gasteiger partial charge on any atom is -0.390 e. The van der Waals surface area contributed by atoms with Gasteiger partial charge in [-0.1, -0.05) is 0 Å². The smallest absolute Gasteiger partial charge is 0.201 e. The lowest BCUT2D eigenvalue weighted by Gasteiger charge is -2.05. The first kappa shape index (κ1) is 7.87. The lowest BCUT2D eigenvalue weighted by molar-refractivity contribution is 0.151. The SMILES string of the molecule is OC1(Cc2cnc3n[nH]nc3c2)CC1. The summed E-state index contributed by atoms with van der Waals surface area (Å²) >= 11 is 0. The van der Waals surface area contributed by atoms with Gasteiger partial charge in [0.15, 0.2) is 0 Å². The Kier molecular flexibility index (Phi) is 1.41. The molecule has 2 N–H and O–H groups in total. The van der Waals surface area contributed by atoms with E-state index >= 15 is 0 Å². The predicted molar refractivity (Wildman–Crippen MR) is 49.6 cm³/mol. The van der Waals surface area contributed by atoms with Crippen LogP contribution < -0.4 is 0 Å². The van der Waals surface area contributed by atoms with Gasteiger partial charge in [0.1, 0.15) is 5.52 Å². The number of nitrogens with zero attached hydrogens (tertiary/aromatic N) is 3. The fourth-order valence-corrected chi connectivity index (χ4v) is 1.58. The number of nitrogens with one attached hydrogen (secondary N) is 1. The van der Waals surface area contributed by atoms with Crippen LogP contribution in [-0.4, -0.2) is 31.1 Å². The Labute approximate surface area is 80.2 Å². The lowest BCUT2D eigenvalue weighted by atomic mass is 10.1. The Balaban J connectivity index is 1.97. The minimum atomic E-state index is -0.473. The van der Waals surface area contributed by atoms with Gasteiger partial charge in [-0.3, -0.25) is 0 Å². The molecule has 1 aliphatic rings. The zero-order valence-electron chi connectivity index (χ0n) is 7.56. The van der Waals surface area contributed by atoms with E-state index in [0.29, 0.717) is 12.1 Å². The van der Waals surface area contributed by atoms with E-state index in [4.69, 9.17) is 0 Å². The highest BCUT2D eigenvalue weighted by Gasteiger charge is 2.40. The third kappa shape index (κ3) is 1.26. The van der Waals surface area contributed by atoms with Crippen molar-refractivity contribution in [2.75, 3.05) is 0 Å². The average Bonchev–Trinajstić information content (AvgIpc) is 2.73. The van der Waals surface area contributed by atoms with Gasteiger partial charge >= 0.3 is 0 Å². The first-order valence-electron chi connectivity index (χ1n) is 4.63. The van der Waals surface area contributed by atoms with Crippen molar-refractivity contribution in [3.05, 3.63) is 17.8 Å². The molecular formula is C9H10N4O. The number of fused-ring (bicyclic) bond motifs is 1. The van der Waals surface area contributed by atoms with Gasteiger partial charge in [0.05, 0.1) is 5.60 Å². The zero-order valence-corrected chi connectivity index (χ0v) is 7.56. The summed E-state index contributed by atoms with van der Waals surface area (Å²) in [4.78, 5) is 4.14. The van der Waals surface area contributed by atoms with E-state index in [2.05, 4.69) is 20.4 Å². The molecule has 2 heterocycles. The second-order valence-electron chi connectivity index (χ2n) is 3.91. The maximum atomic E-state index is 9.73. The molecule has 14 heavy (non-hydrogen) atoms. The summed E-state index contributed by atoms with van der Waals surface area (Å²) in [6.07, 6.45) is 4.21. The monoisotopic (exact) mass is 190 g/mol. The van der Waals surface area contributed by atoms with Crippen LogP contribution in [-0.2, 0) is 6.42 Å². The molecule has 2 aromatic heterocycles. The van der Waals surface area contributed by atoms with Crippen molar-refractivity contribution >= 4 is 11.2 Å². The van der Waals surface area contributed by atoms with Gasteiger partial charge in [-0.25, -0.2) is 4.98 Å². The maximum Gasteiger partial charge on any atom is 0.201 e. The largest absolute Gasteiger partial charge is 0.390 e. The van der Waals surface area contributed by atoms with Crippen molar-refractivity contribution in [3.8, 4) is 0 Å². The van der Waals surface area contributed by atoms with Crippen LogP contribution in [0.3, 0.4) is 0 Å². The molecule has 0 unspecified atom stereocenters. The third-order valence-electron chi connectivity index (χ3n) is 2.59. The first-order valence-corrected chi connectivity index (χ1v) is 4.63. The Hall–Kier alpha value is -1.49. The Morgan fingerprint density at radius 3 is 3.07 bits per heavy atom. The van der Waals surface area contributed by atoms with E-state index in [-0.39, 0.29) is 0 Å². The van der Waals surface area contributed by atoms with E-state index in [1.807, 2.05) is 6.07 Å². The molecule has 5 nitrogen and oxygen atoms in total. The van der Waals surface area contributed by atoms with Crippen molar-refractivity contribution in [1.82, 2.24) is 20.4 Å². The van der Waals surface area contributed by atoms with Crippen molar-refractivity contribution < 1.29 is 5.11 Å². The van der Waals surface area contributed by atoms with Gasteiger partial charge in [0.2, 0.25) is 5.65 Å². The summed E-state index contributed by atoms with van der Waals surface area (Å²) in [5.74, 6) is 0. The van der Waals surface area contributed by atoms with Gasteiger partial charge in [-0.05, 0) is 24.5 Å². The van der Waals surface area contributed by atoms with Crippen LogP contribution >= 0.6 is 0 Å². The van der Waals surface area contributed by atoms with Crippen LogP contribution in [0.4, 0.5) is 0 Å². The molecule has 0 aromatic carbocycles. The average molecular weight is 190 g/mol. The molecular weight excluding hydrogens is 180 g/mol. The molecule has 0 aliphatic heterocycles.